The SMILES string of the molecule is CN(Cc1ccccc1Cl)C(=O)c1n[nH]c(=O)c2ccccc12. The lowest BCUT2D eigenvalue weighted by Gasteiger charge is -2.18. The molecule has 1 N–H and O–H groups in total. The summed E-state index contributed by atoms with van der Waals surface area (Å²) in [6, 6.07) is 14.3. The standard InChI is InChI=1S/C17H14ClN3O2/c1-21(10-11-6-2-5-9-14(11)18)17(23)15-12-7-3-4-8-13(12)16(22)20-19-15/h2-9H,10H2,1H3,(H,20,22). The van der Waals surface area contributed by atoms with Gasteiger partial charge in [0.2, 0.25) is 0 Å². The molecule has 6 heteroatoms. The molecule has 0 saturated heterocycles. The number of rotatable bonds is 3. The number of halogens is 1. The second-order valence-electron chi connectivity index (χ2n) is 5.20. The van der Waals surface area contributed by atoms with Gasteiger partial charge in [0, 0.05) is 24.0 Å². The molecule has 116 valence electrons. The van der Waals surface area contributed by atoms with Gasteiger partial charge in [-0.3, -0.25) is 9.59 Å². The molecule has 5 nitrogen and oxygen atoms in total. The van der Waals surface area contributed by atoms with E-state index in [0.717, 1.165) is 5.56 Å². The third-order valence-electron chi connectivity index (χ3n) is 3.61. The summed E-state index contributed by atoms with van der Waals surface area (Å²) < 4.78 is 0. The van der Waals surface area contributed by atoms with Gasteiger partial charge >= 0.3 is 0 Å². The van der Waals surface area contributed by atoms with Crippen LogP contribution in [0.4, 0.5) is 0 Å². The number of benzene rings is 2. The number of amides is 1. The first-order valence-corrected chi connectivity index (χ1v) is 7.42. The van der Waals surface area contributed by atoms with Gasteiger partial charge in [0.1, 0.15) is 0 Å². The molecule has 0 bridgehead atoms. The fraction of sp³-hybridized carbons (Fsp3) is 0.118. The number of hydrogen-bond donors (Lipinski definition) is 1. The molecule has 1 amide bonds. The predicted octanol–water partition coefficient (Wildman–Crippen LogP) is 2.85. The van der Waals surface area contributed by atoms with Gasteiger partial charge < -0.3 is 4.90 Å². The molecule has 0 atom stereocenters. The van der Waals surface area contributed by atoms with Crippen molar-refractivity contribution in [1.82, 2.24) is 15.1 Å². The molecule has 0 unspecified atom stereocenters. The van der Waals surface area contributed by atoms with Crippen LogP contribution in [-0.4, -0.2) is 28.1 Å². The summed E-state index contributed by atoms with van der Waals surface area (Å²) in [6.45, 7) is 0.355. The van der Waals surface area contributed by atoms with Crippen LogP contribution in [0, 0.1) is 0 Å². The maximum absolute atomic E-state index is 12.7. The zero-order chi connectivity index (χ0) is 16.4. The zero-order valence-corrected chi connectivity index (χ0v) is 13.2. The maximum atomic E-state index is 12.7. The van der Waals surface area contributed by atoms with E-state index in [9.17, 15) is 9.59 Å². The average molecular weight is 328 g/mol. The molecular weight excluding hydrogens is 314 g/mol. The summed E-state index contributed by atoms with van der Waals surface area (Å²) >= 11 is 6.13. The van der Waals surface area contributed by atoms with Crippen molar-refractivity contribution in [3.63, 3.8) is 0 Å². The number of nitrogens with zero attached hydrogens (tertiary/aromatic N) is 2. The molecule has 0 spiro atoms. The van der Waals surface area contributed by atoms with Crippen molar-refractivity contribution < 1.29 is 4.79 Å². The minimum absolute atomic E-state index is 0.217. The van der Waals surface area contributed by atoms with Crippen molar-refractivity contribution in [2.45, 2.75) is 6.54 Å². The number of nitrogens with one attached hydrogen (secondary N) is 1. The number of aromatic nitrogens is 2. The second-order valence-corrected chi connectivity index (χ2v) is 5.61. The van der Waals surface area contributed by atoms with Crippen molar-refractivity contribution in [3.8, 4) is 0 Å². The molecule has 0 aliphatic rings. The minimum atomic E-state index is -0.314. The molecule has 0 radical (unpaired) electrons. The zero-order valence-electron chi connectivity index (χ0n) is 12.4. The Kier molecular flexibility index (Phi) is 4.12. The van der Waals surface area contributed by atoms with Gasteiger partial charge in [0.25, 0.3) is 11.5 Å². The third-order valence-corrected chi connectivity index (χ3v) is 3.98. The largest absolute Gasteiger partial charge is 0.336 e. The Morgan fingerprint density at radius 2 is 1.78 bits per heavy atom. The minimum Gasteiger partial charge on any atom is -0.336 e. The highest BCUT2D eigenvalue weighted by Crippen LogP contribution is 2.19. The molecule has 2 aromatic carbocycles. The Balaban J connectivity index is 1.96. The van der Waals surface area contributed by atoms with E-state index < -0.39 is 0 Å². The van der Waals surface area contributed by atoms with Crippen LogP contribution in [-0.2, 0) is 6.54 Å². The lowest BCUT2D eigenvalue weighted by Crippen LogP contribution is -2.28. The highest BCUT2D eigenvalue weighted by molar-refractivity contribution is 6.31. The van der Waals surface area contributed by atoms with Gasteiger partial charge in [-0.2, -0.15) is 5.10 Å². The van der Waals surface area contributed by atoms with Crippen LogP contribution >= 0.6 is 11.6 Å². The highest BCUT2D eigenvalue weighted by atomic mass is 35.5. The van der Waals surface area contributed by atoms with E-state index >= 15 is 0 Å². The molecule has 1 heterocycles. The van der Waals surface area contributed by atoms with E-state index in [1.807, 2.05) is 18.2 Å². The fourth-order valence-electron chi connectivity index (χ4n) is 2.41. The molecule has 0 saturated carbocycles. The van der Waals surface area contributed by atoms with Gasteiger partial charge in [-0.1, -0.05) is 48.0 Å². The first-order chi connectivity index (χ1) is 11.1. The van der Waals surface area contributed by atoms with Crippen LogP contribution in [0.1, 0.15) is 16.1 Å². The van der Waals surface area contributed by atoms with Crippen molar-refractivity contribution in [1.29, 1.82) is 0 Å². The van der Waals surface area contributed by atoms with Crippen LogP contribution in [0.3, 0.4) is 0 Å². The smallest absolute Gasteiger partial charge is 0.274 e. The van der Waals surface area contributed by atoms with Gasteiger partial charge in [0.05, 0.1) is 5.39 Å². The number of carbonyl (C=O) groups excluding carboxylic acids is 1. The van der Waals surface area contributed by atoms with Gasteiger partial charge in [-0.05, 0) is 17.7 Å². The van der Waals surface area contributed by atoms with Crippen molar-refractivity contribution in [2.24, 2.45) is 0 Å². The highest BCUT2D eigenvalue weighted by Gasteiger charge is 2.18. The number of carbonyl (C=O) groups is 1. The van der Waals surface area contributed by atoms with E-state index in [-0.39, 0.29) is 17.2 Å². The average Bonchev–Trinajstić information content (AvgIpc) is 2.57. The third kappa shape index (κ3) is 2.96. The summed E-state index contributed by atoms with van der Waals surface area (Å²) in [7, 11) is 1.67. The van der Waals surface area contributed by atoms with E-state index in [1.54, 1.807) is 37.4 Å². The molecular formula is C17H14ClN3O2. The molecule has 0 aliphatic carbocycles. The van der Waals surface area contributed by atoms with Gasteiger partial charge in [0.15, 0.2) is 5.69 Å². The Hall–Kier alpha value is -2.66. The summed E-state index contributed by atoms with van der Waals surface area (Å²) in [6.07, 6.45) is 0. The summed E-state index contributed by atoms with van der Waals surface area (Å²) in [5, 5.41) is 7.88. The molecule has 1 aromatic heterocycles. The molecule has 3 aromatic rings. The lowest BCUT2D eigenvalue weighted by molar-refractivity contribution is 0.0780. The Bertz CT molecular complexity index is 936. The molecule has 0 fully saturated rings. The second kappa shape index (κ2) is 6.22. The lowest BCUT2D eigenvalue weighted by atomic mass is 10.1. The summed E-state index contributed by atoms with van der Waals surface area (Å²) in [5.41, 5.74) is 0.749. The van der Waals surface area contributed by atoms with Gasteiger partial charge in [-0.15, -0.1) is 0 Å². The summed E-state index contributed by atoms with van der Waals surface area (Å²) in [5.74, 6) is -0.280. The summed E-state index contributed by atoms with van der Waals surface area (Å²) in [4.78, 5) is 26.0. The Labute approximate surface area is 137 Å². The topological polar surface area (TPSA) is 66.1 Å². The normalized spacial score (nSPS) is 10.7. The van der Waals surface area contributed by atoms with Crippen LogP contribution in [0.5, 0.6) is 0 Å². The Morgan fingerprint density at radius 1 is 1.13 bits per heavy atom. The number of hydrogen-bond acceptors (Lipinski definition) is 3. The van der Waals surface area contributed by atoms with Gasteiger partial charge in [-0.25, -0.2) is 5.10 Å². The first-order valence-electron chi connectivity index (χ1n) is 7.04. The molecule has 23 heavy (non-hydrogen) atoms. The van der Waals surface area contributed by atoms with Crippen LogP contribution in [0.25, 0.3) is 10.8 Å². The molecule has 0 aliphatic heterocycles. The van der Waals surface area contributed by atoms with Crippen LogP contribution in [0.15, 0.2) is 53.3 Å². The van der Waals surface area contributed by atoms with E-state index in [1.165, 1.54) is 4.90 Å². The number of fused-ring (bicyclic) bond motifs is 1. The number of H-pyrrole nitrogens is 1. The van der Waals surface area contributed by atoms with E-state index in [2.05, 4.69) is 10.2 Å². The van der Waals surface area contributed by atoms with E-state index in [4.69, 9.17) is 11.6 Å². The van der Waals surface area contributed by atoms with E-state index in [0.29, 0.717) is 22.3 Å². The fourth-order valence-corrected chi connectivity index (χ4v) is 2.61. The molecule has 3 rings (SSSR count). The first kappa shape index (κ1) is 15.2. The number of aromatic amines is 1. The quantitative estimate of drug-likeness (QED) is 0.804. The maximum Gasteiger partial charge on any atom is 0.274 e. The van der Waals surface area contributed by atoms with Crippen LogP contribution in [0.2, 0.25) is 5.02 Å². The van der Waals surface area contributed by atoms with Crippen molar-refractivity contribution in [3.05, 3.63) is 75.2 Å². The Morgan fingerprint density at radius 3 is 2.52 bits per heavy atom. The van der Waals surface area contributed by atoms with Crippen molar-refractivity contribution in [2.75, 3.05) is 7.05 Å². The monoisotopic (exact) mass is 327 g/mol. The van der Waals surface area contributed by atoms with Crippen molar-refractivity contribution >= 4 is 28.3 Å². The predicted molar refractivity (Wildman–Crippen MR) is 89.6 cm³/mol. The van der Waals surface area contributed by atoms with Crippen LogP contribution < -0.4 is 5.56 Å².